The van der Waals surface area contributed by atoms with Gasteiger partial charge >= 0.3 is 5.97 Å². The molecule has 2 aliphatic carbocycles. The van der Waals surface area contributed by atoms with Crippen LogP contribution in [-0.4, -0.2) is 23.3 Å². The fourth-order valence-electron chi connectivity index (χ4n) is 5.82. The number of aromatic hydroxyl groups is 2. The van der Waals surface area contributed by atoms with Crippen molar-refractivity contribution in [1.29, 1.82) is 0 Å². The molecule has 1 aromatic rings. The minimum atomic E-state index is -0.509. The van der Waals surface area contributed by atoms with E-state index in [1.807, 2.05) is 0 Å². The summed E-state index contributed by atoms with van der Waals surface area (Å²) < 4.78 is 4.79. The molecule has 0 unspecified atom stereocenters. The Kier molecular flexibility index (Phi) is 5.04. The van der Waals surface area contributed by atoms with Crippen molar-refractivity contribution >= 4 is 5.97 Å². The lowest BCUT2D eigenvalue weighted by Crippen LogP contribution is -2.49. The van der Waals surface area contributed by atoms with E-state index in [1.165, 1.54) is 38.0 Å². The highest BCUT2D eigenvalue weighted by atomic mass is 16.5. The van der Waals surface area contributed by atoms with E-state index in [0.717, 1.165) is 6.42 Å². The van der Waals surface area contributed by atoms with Gasteiger partial charge in [-0.1, -0.05) is 38.8 Å². The lowest BCUT2D eigenvalue weighted by molar-refractivity contribution is -0.0369. The molecule has 2 N–H and O–H groups in total. The first-order valence-electron chi connectivity index (χ1n) is 9.90. The molecule has 1 fully saturated rings. The molecule has 148 valence electrons. The maximum Gasteiger partial charge on any atom is 0.337 e. The Morgan fingerprint density at radius 1 is 1.22 bits per heavy atom. The minimum Gasteiger partial charge on any atom is -0.504 e. The monoisotopic (exact) mass is 372 g/mol. The van der Waals surface area contributed by atoms with Gasteiger partial charge in [0.05, 0.1) is 12.7 Å². The molecule has 3 atom stereocenters. The van der Waals surface area contributed by atoms with Crippen molar-refractivity contribution in [3.05, 3.63) is 34.9 Å². The van der Waals surface area contributed by atoms with E-state index in [4.69, 9.17) is 4.74 Å². The zero-order chi connectivity index (χ0) is 20.0. The minimum absolute atomic E-state index is 0.128. The topological polar surface area (TPSA) is 66.8 Å². The van der Waals surface area contributed by atoms with E-state index in [9.17, 15) is 15.0 Å². The molecule has 1 saturated carbocycles. The molecule has 0 aromatic heterocycles. The van der Waals surface area contributed by atoms with Gasteiger partial charge in [-0.15, -0.1) is 0 Å². The van der Waals surface area contributed by atoms with Crippen LogP contribution in [0.3, 0.4) is 0 Å². The molecule has 3 rings (SSSR count). The van der Waals surface area contributed by atoms with Crippen molar-refractivity contribution in [1.82, 2.24) is 0 Å². The van der Waals surface area contributed by atoms with Gasteiger partial charge < -0.3 is 14.9 Å². The summed E-state index contributed by atoms with van der Waals surface area (Å²) in [5.41, 5.74) is 2.66. The van der Waals surface area contributed by atoms with Crippen molar-refractivity contribution in [2.24, 2.45) is 22.7 Å². The van der Waals surface area contributed by atoms with E-state index in [-0.39, 0.29) is 28.4 Å². The summed E-state index contributed by atoms with van der Waals surface area (Å²) in [4.78, 5) is 11.9. The Bertz CT molecular complexity index is 777. The van der Waals surface area contributed by atoms with E-state index in [1.54, 1.807) is 6.07 Å². The van der Waals surface area contributed by atoms with Gasteiger partial charge in [0.25, 0.3) is 0 Å². The molecule has 0 amide bonds. The van der Waals surface area contributed by atoms with Gasteiger partial charge in [-0.2, -0.15) is 0 Å². The maximum absolute atomic E-state index is 11.9. The molecular weight excluding hydrogens is 340 g/mol. The second-order valence-corrected chi connectivity index (χ2v) is 9.34. The van der Waals surface area contributed by atoms with Crippen LogP contribution >= 0.6 is 0 Å². The summed E-state index contributed by atoms with van der Waals surface area (Å²) in [5, 5.41) is 20.6. The molecule has 4 heteroatoms. The third kappa shape index (κ3) is 3.35. The van der Waals surface area contributed by atoms with Crippen LogP contribution in [0, 0.1) is 22.7 Å². The van der Waals surface area contributed by atoms with Gasteiger partial charge in [0.15, 0.2) is 11.5 Å². The number of phenolic OH excluding ortho intramolecular Hbond substituents is 2. The summed E-state index contributed by atoms with van der Waals surface area (Å²) in [5.74, 6) is -0.0430. The highest BCUT2D eigenvalue weighted by Gasteiger charge is 2.51. The molecule has 0 saturated heterocycles. The van der Waals surface area contributed by atoms with Crippen LogP contribution in [0.2, 0.25) is 0 Å². The summed E-state index contributed by atoms with van der Waals surface area (Å²) in [6, 6.07) is 2.93. The second-order valence-electron chi connectivity index (χ2n) is 9.34. The first-order valence-corrected chi connectivity index (χ1v) is 9.90. The third-order valence-corrected chi connectivity index (χ3v) is 7.31. The Morgan fingerprint density at radius 2 is 1.93 bits per heavy atom. The van der Waals surface area contributed by atoms with Gasteiger partial charge in [-0.25, -0.2) is 4.79 Å². The number of fused-ring (bicyclic) bond motifs is 1. The number of hydrogen-bond acceptors (Lipinski definition) is 4. The Balaban J connectivity index is 2.01. The average molecular weight is 373 g/mol. The van der Waals surface area contributed by atoms with Gasteiger partial charge in [0.1, 0.15) is 0 Å². The van der Waals surface area contributed by atoms with Crippen molar-refractivity contribution in [2.45, 2.75) is 59.8 Å². The van der Waals surface area contributed by atoms with Crippen LogP contribution in [0.4, 0.5) is 0 Å². The molecule has 4 nitrogen and oxygen atoms in total. The number of methoxy groups -OCH3 is 1. The van der Waals surface area contributed by atoms with Crippen LogP contribution in [0.5, 0.6) is 11.5 Å². The number of allylic oxidation sites excluding steroid dienone is 2. The first kappa shape index (κ1) is 19.8. The third-order valence-electron chi connectivity index (χ3n) is 7.31. The largest absolute Gasteiger partial charge is 0.504 e. The van der Waals surface area contributed by atoms with Gasteiger partial charge in [-0.05, 0) is 73.0 Å². The summed E-state index contributed by atoms with van der Waals surface area (Å²) in [6.45, 7) is 9.32. The van der Waals surface area contributed by atoms with Crippen LogP contribution in [-0.2, 0) is 11.2 Å². The normalized spacial score (nSPS) is 29.6. The Labute approximate surface area is 162 Å². The molecular formula is C23H32O4. The predicted octanol–water partition coefficient (Wildman–Crippen LogP) is 5.23. The van der Waals surface area contributed by atoms with Gasteiger partial charge in [0.2, 0.25) is 0 Å². The fourth-order valence-corrected chi connectivity index (χ4v) is 5.82. The SMILES string of the molecule is COC(=O)c1cc(O)c(O)c(C[C@H]2C(C)=CC[C@H]3C(C)(C)CCC[C@]23C)c1. The number of hydrogen-bond donors (Lipinski definition) is 2. The lowest BCUT2D eigenvalue weighted by atomic mass is 9.48. The number of ether oxygens (including phenoxy) is 1. The molecule has 0 radical (unpaired) electrons. The van der Waals surface area contributed by atoms with Gasteiger partial charge in [0, 0.05) is 0 Å². The van der Waals surface area contributed by atoms with Crippen LogP contribution in [0.25, 0.3) is 0 Å². The van der Waals surface area contributed by atoms with Crippen molar-refractivity contribution in [2.75, 3.05) is 7.11 Å². The summed E-state index contributed by atoms with van der Waals surface area (Å²) in [6.07, 6.45) is 7.69. The van der Waals surface area contributed by atoms with E-state index in [2.05, 4.69) is 33.8 Å². The number of rotatable bonds is 3. The molecule has 0 heterocycles. The number of benzene rings is 1. The van der Waals surface area contributed by atoms with Gasteiger partial charge in [-0.3, -0.25) is 0 Å². The molecule has 0 bridgehead atoms. The molecule has 2 aliphatic rings. The zero-order valence-corrected chi connectivity index (χ0v) is 17.1. The molecule has 0 aliphatic heterocycles. The second kappa shape index (κ2) is 6.88. The van der Waals surface area contributed by atoms with Crippen LogP contribution in [0.15, 0.2) is 23.8 Å². The fraction of sp³-hybridized carbons (Fsp3) is 0.609. The Morgan fingerprint density at radius 3 is 2.59 bits per heavy atom. The quantitative estimate of drug-likeness (QED) is 0.433. The molecule has 0 spiro atoms. The summed E-state index contributed by atoms with van der Waals surface area (Å²) in [7, 11) is 1.32. The smallest absolute Gasteiger partial charge is 0.337 e. The standard InChI is InChI=1S/C23H32O4/c1-14-7-8-19-22(2,3)9-6-10-23(19,4)17(14)12-15-11-16(21(26)27-5)13-18(24)20(15)25/h7,11,13,17,19,24-25H,6,8-10,12H2,1-5H3/t17-,19-,23+/m0/s1. The van der Waals surface area contributed by atoms with Crippen LogP contribution in [0.1, 0.15) is 69.3 Å². The predicted molar refractivity (Wildman–Crippen MR) is 106 cm³/mol. The van der Waals surface area contributed by atoms with E-state index >= 15 is 0 Å². The number of esters is 1. The van der Waals surface area contributed by atoms with E-state index in [0.29, 0.717) is 23.3 Å². The zero-order valence-electron chi connectivity index (χ0n) is 17.1. The van der Waals surface area contributed by atoms with Crippen molar-refractivity contribution in [3.63, 3.8) is 0 Å². The van der Waals surface area contributed by atoms with Crippen LogP contribution < -0.4 is 0 Å². The van der Waals surface area contributed by atoms with Crippen molar-refractivity contribution < 1.29 is 19.7 Å². The molecule has 1 aromatic carbocycles. The highest BCUT2D eigenvalue weighted by molar-refractivity contribution is 5.90. The molecule has 27 heavy (non-hydrogen) atoms. The Hall–Kier alpha value is -1.97. The first-order chi connectivity index (χ1) is 12.6. The van der Waals surface area contributed by atoms with E-state index < -0.39 is 5.97 Å². The average Bonchev–Trinajstić information content (AvgIpc) is 2.60. The lowest BCUT2D eigenvalue weighted by Gasteiger charge is -2.57. The number of phenols is 2. The number of carbonyl (C=O) groups is 1. The van der Waals surface area contributed by atoms with Crippen molar-refractivity contribution in [3.8, 4) is 11.5 Å². The highest BCUT2D eigenvalue weighted by Crippen LogP contribution is 2.60. The number of carbonyl (C=O) groups excluding carboxylic acids is 1. The summed E-state index contributed by atoms with van der Waals surface area (Å²) >= 11 is 0. The maximum atomic E-state index is 11.9.